The number of nitrogens with two attached hydrogens (primary N) is 1. The number of carbonyl (C=O) groups excluding carboxylic acids is 1. The first-order valence-corrected chi connectivity index (χ1v) is 13.0. The molecule has 0 unspecified atom stereocenters. The number of ether oxygens (including phenoxy) is 2. The van der Waals surface area contributed by atoms with Crippen LogP contribution in [-0.2, 0) is 19.4 Å². The maximum absolute atomic E-state index is 13.1. The Kier molecular flexibility index (Phi) is 6.52. The number of hydrogen-bond donors (Lipinski definition) is 1. The molecule has 1 aliphatic heterocycles. The fourth-order valence-corrected chi connectivity index (χ4v) is 7.36. The smallest absolute Gasteiger partial charge is 0.239 e. The average molecular weight is 479 g/mol. The third-order valence-corrected chi connectivity index (χ3v) is 9.92. The second-order valence-corrected chi connectivity index (χ2v) is 11.7. The van der Waals surface area contributed by atoms with Crippen molar-refractivity contribution in [3.05, 3.63) is 48.5 Å². The first-order chi connectivity index (χ1) is 14.9. The number of hydrogen-bond acceptors (Lipinski definition) is 8. The van der Waals surface area contributed by atoms with Crippen LogP contribution in [0.4, 0.5) is 0 Å². The maximum Gasteiger partial charge on any atom is 0.239 e. The number of carbonyl (C=O) groups is 1. The van der Waals surface area contributed by atoms with Gasteiger partial charge in [0.2, 0.25) is 5.91 Å². The largest absolute Gasteiger partial charge is 0.493 e. The molecule has 2 heterocycles. The van der Waals surface area contributed by atoms with Gasteiger partial charge in [-0.2, -0.15) is 0 Å². The molecule has 164 valence electrons. The summed E-state index contributed by atoms with van der Waals surface area (Å²) in [4.78, 5) is 16.7. The summed E-state index contributed by atoms with van der Waals surface area (Å²) in [5, 5.41) is 0. The minimum Gasteiger partial charge on any atom is -0.493 e. The lowest BCUT2D eigenvalue weighted by atomic mass is 9.98. The highest BCUT2D eigenvalue weighted by atomic mass is 32.2. The van der Waals surface area contributed by atoms with Gasteiger partial charge in [0.05, 0.1) is 21.7 Å². The molecule has 0 aliphatic carbocycles. The summed E-state index contributed by atoms with van der Waals surface area (Å²) in [5.41, 5.74) is 6.50. The zero-order valence-electron chi connectivity index (χ0n) is 16.7. The number of primary amides is 1. The van der Waals surface area contributed by atoms with Crippen molar-refractivity contribution in [2.24, 2.45) is 5.73 Å². The maximum atomic E-state index is 13.1. The van der Waals surface area contributed by atoms with Crippen molar-refractivity contribution >= 4 is 49.1 Å². The number of para-hydroxylation sites is 1. The zero-order valence-corrected chi connectivity index (χ0v) is 19.1. The average Bonchev–Trinajstić information content (AvgIpc) is 3.20. The predicted molar refractivity (Wildman–Crippen MR) is 121 cm³/mol. The summed E-state index contributed by atoms with van der Waals surface area (Å²) < 4.78 is 37.8. The van der Waals surface area contributed by atoms with Crippen LogP contribution in [0.5, 0.6) is 5.75 Å². The molecule has 3 aromatic rings. The van der Waals surface area contributed by atoms with Gasteiger partial charge in [-0.15, -0.1) is 11.3 Å². The predicted octanol–water partition coefficient (Wildman–Crippen LogP) is 3.28. The first kappa shape index (κ1) is 22.1. The number of rotatable bonds is 8. The Hall–Kier alpha value is -2.14. The monoisotopic (exact) mass is 478 g/mol. The highest BCUT2D eigenvalue weighted by Gasteiger charge is 2.51. The highest BCUT2D eigenvalue weighted by molar-refractivity contribution is 8.01. The molecule has 1 amide bonds. The molecule has 0 bridgehead atoms. The third-order valence-electron chi connectivity index (χ3n) is 5.25. The third kappa shape index (κ3) is 4.43. The molecular weight excluding hydrogens is 456 g/mol. The molecule has 0 saturated carbocycles. The Morgan fingerprint density at radius 2 is 1.87 bits per heavy atom. The number of aromatic nitrogens is 1. The van der Waals surface area contributed by atoms with Crippen LogP contribution >= 0.6 is 23.1 Å². The Bertz CT molecular complexity index is 1140. The molecule has 0 atom stereocenters. The topological polar surface area (TPSA) is 109 Å². The quantitative estimate of drug-likeness (QED) is 0.391. The fourth-order valence-electron chi connectivity index (χ4n) is 3.49. The van der Waals surface area contributed by atoms with E-state index in [1.807, 2.05) is 24.3 Å². The van der Waals surface area contributed by atoms with Crippen molar-refractivity contribution in [1.82, 2.24) is 4.98 Å². The molecule has 2 aromatic carbocycles. The fraction of sp³-hybridized carbons (Fsp3) is 0.333. The first-order valence-electron chi connectivity index (χ1n) is 9.76. The van der Waals surface area contributed by atoms with E-state index in [0.717, 1.165) is 14.6 Å². The van der Waals surface area contributed by atoms with Crippen LogP contribution in [0.15, 0.2) is 57.8 Å². The van der Waals surface area contributed by atoms with Crippen LogP contribution in [0.2, 0.25) is 0 Å². The standard InChI is InChI=1S/C21H22N2O5S3/c22-19(24)21(9-11-27-12-10-21)31(25,26)16-7-5-15(6-8-16)28-13-14-29-20-23-17-3-1-2-4-18(17)30-20/h1-8H,9-14H2,(H2,22,24). The molecule has 0 spiro atoms. The van der Waals surface area contributed by atoms with Gasteiger partial charge in [-0.25, -0.2) is 13.4 Å². The lowest BCUT2D eigenvalue weighted by molar-refractivity contribution is -0.122. The van der Waals surface area contributed by atoms with Gasteiger partial charge in [0, 0.05) is 19.0 Å². The zero-order chi connectivity index (χ0) is 21.9. The van der Waals surface area contributed by atoms with E-state index in [9.17, 15) is 13.2 Å². The Morgan fingerprint density at radius 1 is 1.16 bits per heavy atom. The number of benzene rings is 2. The lowest BCUT2D eigenvalue weighted by Crippen LogP contribution is -2.53. The minimum atomic E-state index is -3.93. The van der Waals surface area contributed by atoms with Crippen LogP contribution in [0.1, 0.15) is 12.8 Å². The molecule has 1 fully saturated rings. The second kappa shape index (κ2) is 9.15. The molecule has 1 aliphatic rings. The molecule has 1 aromatic heterocycles. The van der Waals surface area contributed by atoms with E-state index in [-0.39, 0.29) is 31.0 Å². The Balaban J connectivity index is 1.37. The molecule has 2 N–H and O–H groups in total. The van der Waals surface area contributed by atoms with Gasteiger partial charge >= 0.3 is 0 Å². The van der Waals surface area contributed by atoms with Crippen LogP contribution in [0, 0.1) is 0 Å². The number of sulfone groups is 1. The Labute approximate surface area is 188 Å². The van der Waals surface area contributed by atoms with Crippen LogP contribution < -0.4 is 10.5 Å². The summed E-state index contributed by atoms with van der Waals surface area (Å²) in [6.45, 7) is 0.834. The molecular formula is C21H22N2O5S3. The van der Waals surface area contributed by atoms with Gasteiger partial charge in [0.1, 0.15) is 5.75 Å². The number of fused-ring (bicyclic) bond motifs is 1. The van der Waals surface area contributed by atoms with Gasteiger partial charge in [0.15, 0.2) is 18.9 Å². The number of thioether (sulfide) groups is 1. The van der Waals surface area contributed by atoms with Crippen LogP contribution in [-0.4, -0.2) is 49.6 Å². The number of nitrogens with zero attached hydrogens (tertiary/aromatic N) is 1. The van der Waals surface area contributed by atoms with Crippen molar-refractivity contribution in [2.75, 3.05) is 25.6 Å². The SMILES string of the molecule is NC(=O)C1(S(=O)(=O)c2ccc(OCCSc3nc4ccccc4s3)cc2)CCOCC1. The van der Waals surface area contributed by atoms with Gasteiger partial charge in [-0.1, -0.05) is 23.9 Å². The molecule has 0 radical (unpaired) electrons. The highest BCUT2D eigenvalue weighted by Crippen LogP contribution is 2.35. The molecule has 1 saturated heterocycles. The van der Waals surface area contributed by atoms with Crippen molar-refractivity contribution in [3.63, 3.8) is 0 Å². The number of amides is 1. The second-order valence-electron chi connectivity index (χ2n) is 7.09. The van der Waals surface area contributed by atoms with Gasteiger partial charge in [-0.3, -0.25) is 4.79 Å². The molecule has 7 nitrogen and oxygen atoms in total. The summed E-state index contributed by atoms with van der Waals surface area (Å²) in [5.74, 6) is 0.442. The lowest BCUT2D eigenvalue weighted by Gasteiger charge is -2.33. The van der Waals surface area contributed by atoms with E-state index in [1.54, 1.807) is 35.2 Å². The van der Waals surface area contributed by atoms with E-state index < -0.39 is 20.5 Å². The van der Waals surface area contributed by atoms with Gasteiger partial charge in [-0.05, 0) is 49.2 Å². The van der Waals surface area contributed by atoms with E-state index in [1.165, 1.54) is 12.1 Å². The van der Waals surface area contributed by atoms with Crippen molar-refractivity contribution in [3.8, 4) is 5.75 Å². The van der Waals surface area contributed by atoms with Gasteiger partial charge < -0.3 is 15.2 Å². The minimum absolute atomic E-state index is 0.0596. The van der Waals surface area contributed by atoms with Crippen molar-refractivity contribution < 1.29 is 22.7 Å². The van der Waals surface area contributed by atoms with Crippen molar-refractivity contribution in [1.29, 1.82) is 0 Å². The van der Waals surface area contributed by atoms with E-state index in [2.05, 4.69) is 4.98 Å². The van der Waals surface area contributed by atoms with Crippen LogP contribution in [0.3, 0.4) is 0 Å². The van der Waals surface area contributed by atoms with E-state index in [4.69, 9.17) is 15.2 Å². The van der Waals surface area contributed by atoms with E-state index >= 15 is 0 Å². The summed E-state index contributed by atoms with van der Waals surface area (Å²) in [7, 11) is -3.93. The number of thiazole rings is 1. The molecule has 4 rings (SSSR count). The Morgan fingerprint density at radius 3 is 2.55 bits per heavy atom. The molecule has 31 heavy (non-hydrogen) atoms. The summed E-state index contributed by atoms with van der Waals surface area (Å²) >= 11 is 3.26. The van der Waals surface area contributed by atoms with Crippen LogP contribution in [0.25, 0.3) is 10.2 Å². The molecule has 10 heteroatoms. The van der Waals surface area contributed by atoms with Gasteiger partial charge in [0.25, 0.3) is 0 Å². The summed E-state index contributed by atoms with van der Waals surface area (Å²) in [6.07, 6.45) is 0.123. The normalized spacial score (nSPS) is 16.3. The van der Waals surface area contributed by atoms with Crippen molar-refractivity contribution in [2.45, 2.75) is 26.8 Å². The van der Waals surface area contributed by atoms with E-state index in [0.29, 0.717) is 18.1 Å². The summed E-state index contributed by atoms with van der Waals surface area (Å²) in [6, 6.07) is 14.1.